The predicted molar refractivity (Wildman–Crippen MR) is 68.4 cm³/mol. The summed E-state index contributed by atoms with van der Waals surface area (Å²) in [5.41, 5.74) is 2.12. The Kier molecular flexibility index (Phi) is 3.70. The van der Waals surface area contributed by atoms with Gasteiger partial charge in [-0.05, 0) is 24.1 Å². The minimum atomic E-state index is 0.577. The summed E-state index contributed by atoms with van der Waals surface area (Å²) in [6, 6.07) is 8.10. The number of rotatable bonds is 4. The van der Waals surface area contributed by atoms with Crippen molar-refractivity contribution in [3.8, 4) is 11.5 Å². The summed E-state index contributed by atoms with van der Waals surface area (Å²) >= 11 is 0. The molecule has 0 saturated heterocycles. The van der Waals surface area contributed by atoms with Gasteiger partial charge in [-0.15, -0.1) is 10.2 Å². The van der Waals surface area contributed by atoms with Crippen molar-refractivity contribution in [3.05, 3.63) is 41.8 Å². The molecule has 88 valence electrons. The smallest absolute Gasteiger partial charge is 0.247 e. The molecule has 0 amide bonds. The fourth-order valence-electron chi connectivity index (χ4n) is 1.57. The van der Waals surface area contributed by atoms with Crippen LogP contribution in [-0.2, 0) is 0 Å². The van der Waals surface area contributed by atoms with Crippen LogP contribution in [0, 0.1) is 6.92 Å². The van der Waals surface area contributed by atoms with Crippen molar-refractivity contribution < 1.29 is 4.42 Å². The molecule has 3 heteroatoms. The first-order valence-corrected chi connectivity index (χ1v) is 5.86. The van der Waals surface area contributed by atoms with Gasteiger partial charge < -0.3 is 4.42 Å². The van der Waals surface area contributed by atoms with Gasteiger partial charge in [0.15, 0.2) is 0 Å². The summed E-state index contributed by atoms with van der Waals surface area (Å²) in [6.45, 7) is 3.96. The number of aromatic nitrogens is 2. The second-order valence-corrected chi connectivity index (χ2v) is 3.94. The molecule has 0 saturated carbocycles. The summed E-state index contributed by atoms with van der Waals surface area (Å²) in [7, 11) is 0. The van der Waals surface area contributed by atoms with E-state index in [2.05, 4.69) is 41.4 Å². The van der Waals surface area contributed by atoms with E-state index in [0.717, 1.165) is 17.5 Å². The van der Waals surface area contributed by atoms with Crippen LogP contribution in [0.15, 0.2) is 34.8 Å². The number of hydrogen-bond donors (Lipinski definition) is 0. The lowest BCUT2D eigenvalue weighted by atomic mass is 10.1. The van der Waals surface area contributed by atoms with Crippen molar-refractivity contribution in [1.82, 2.24) is 10.2 Å². The number of allylic oxidation sites excluding steroid dienone is 1. The molecule has 2 rings (SSSR count). The van der Waals surface area contributed by atoms with Gasteiger partial charge >= 0.3 is 0 Å². The Labute approximate surface area is 101 Å². The van der Waals surface area contributed by atoms with Crippen molar-refractivity contribution in [2.45, 2.75) is 26.7 Å². The summed E-state index contributed by atoms with van der Waals surface area (Å²) in [4.78, 5) is 0. The maximum Gasteiger partial charge on any atom is 0.247 e. The zero-order valence-corrected chi connectivity index (χ0v) is 10.2. The number of benzene rings is 1. The molecule has 2 aromatic rings. The van der Waals surface area contributed by atoms with Crippen LogP contribution < -0.4 is 0 Å². The summed E-state index contributed by atoms with van der Waals surface area (Å²) in [6.07, 6.45) is 6.57. The minimum absolute atomic E-state index is 0.577. The Bertz CT molecular complexity index is 514. The third-order valence-corrected chi connectivity index (χ3v) is 2.43. The first-order chi connectivity index (χ1) is 8.29. The molecule has 0 aliphatic rings. The van der Waals surface area contributed by atoms with E-state index in [1.54, 1.807) is 6.92 Å². The molecule has 0 unspecified atom stereocenters. The van der Waals surface area contributed by atoms with E-state index < -0.39 is 0 Å². The third kappa shape index (κ3) is 3.03. The van der Waals surface area contributed by atoms with Gasteiger partial charge in [0, 0.05) is 12.5 Å². The van der Waals surface area contributed by atoms with E-state index in [1.807, 2.05) is 12.1 Å². The minimum Gasteiger partial charge on any atom is -0.421 e. The van der Waals surface area contributed by atoms with Gasteiger partial charge in [0.05, 0.1) is 0 Å². The molecule has 17 heavy (non-hydrogen) atoms. The number of nitrogens with zero attached hydrogens (tertiary/aromatic N) is 2. The number of aryl methyl sites for hydroxylation is 1. The maximum absolute atomic E-state index is 5.40. The monoisotopic (exact) mass is 228 g/mol. The van der Waals surface area contributed by atoms with E-state index in [9.17, 15) is 0 Å². The van der Waals surface area contributed by atoms with Gasteiger partial charge in [0.25, 0.3) is 0 Å². The van der Waals surface area contributed by atoms with Gasteiger partial charge in [0.2, 0.25) is 11.8 Å². The van der Waals surface area contributed by atoms with E-state index in [0.29, 0.717) is 11.8 Å². The fraction of sp³-hybridized carbons (Fsp3) is 0.286. The summed E-state index contributed by atoms with van der Waals surface area (Å²) < 4.78 is 5.40. The third-order valence-electron chi connectivity index (χ3n) is 2.43. The van der Waals surface area contributed by atoms with E-state index >= 15 is 0 Å². The van der Waals surface area contributed by atoms with Gasteiger partial charge in [0.1, 0.15) is 0 Å². The fourth-order valence-corrected chi connectivity index (χ4v) is 1.57. The van der Waals surface area contributed by atoms with Crippen LogP contribution >= 0.6 is 0 Å². The number of unbranched alkanes of at least 4 members (excludes halogenated alkanes) is 1. The molecule has 0 radical (unpaired) electrons. The highest BCUT2D eigenvalue weighted by Gasteiger charge is 2.05. The molecule has 0 aliphatic carbocycles. The van der Waals surface area contributed by atoms with Gasteiger partial charge in [-0.3, -0.25) is 0 Å². The average molecular weight is 228 g/mol. The Morgan fingerprint density at radius 3 is 2.88 bits per heavy atom. The van der Waals surface area contributed by atoms with Crippen molar-refractivity contribution in [3.63, 3.8) is 0 Å². The van der Waals surface area contributed by atoms with E-state index in [1.165, 1.54) is 6.42 Å². The van der Waals surface area contributed by atoms with Crippen LogP contribution in [-0.4, -0.2) is 10.2 Å². The zero-order valence-electron chi connectivity index (χ0n) is 10.2. The highest BCUT2D eigenvalue weighted by atomic mass is 16.4. The van der Waals surface area contributed by atoms with Gasteiger partial charge in [-0.25, -0.2) is 0 Å². The second-order valence-electron chi connectivity index (χ2n) is 3.94. The van der Waals surface area contributed by atoms with Crippen molar-refractivity contribution in [2.75, 3.05) is 0 Å². The summed E-state index contributed by atoms with van der Waals surface area (Å²) in [5.74, 6) is 1.17. The molecule has 1 heterocycles. The van der Waals surface area contributed by atoms with Crippen LogP contribution in [0.2, 0.25) is 0 Å². The van der Waals surface area contributed by atoms with E-state index in [4.69, 9.17) is 4.42 Å². The number of hydrogen-bond acceptors (Lipinski definition) is 3. The standard InChI is InChI=1S/C14H16N2O/c1-3-4-5-7-12-8-6-9-13(10-12)14-16-15-11(2)17-14/h5-10H,3-4H2,1-2H3/b7-5+. The predicted octanol–water partition coefficient (Wildman–Crippen LogP) is 3.86. The lowest BCUT2D eigenvalue weighted by molar-refractivity contribution is 0.533. The van der Waals surface area contributed by atoms with Crippen molar-refractivity contribution >= 4 is 6.08 Å². The normalized spacial score (nSPS) is 11.2. The van der Waals surface area contributed by atoms with Crippen LogP contribution in [0.1, 0.15) is 31.2 Å². The molecule has 0 spiro atoms. The Morgan fingerprint density at radius 1 is 1.29 bits per heavy atom. The molecular formula is C14H16N2O. The first-order valence-electron chi connectivity index (χ1n) is 5.86. The van der Waals surface area contributed by atoms with Crippen LogP contribution in [0.3, 0.4) is 0 Å². The molecule has 1 aromatic carbocycles. The van der Waals surface area contributed by atoms with Crippen LogP contribution in [0.4, 0.5) is 0 Å². The van der Waals surface area contributed by atoms with Gasteiger partial charge in [-0.1, -0.05) is 37.6 Å². The highest BCUT2D eigenvalue weighted by Crippen LogP contribution is 2.19. The maximum atomic E-state index is 5.40. The molecule has 0 atom stereocenters. The Morgan fingerprint density at radius 2 is 2.18 bits per heavy atom. The second kappa shape index (κ2) is 5.43. The lowest BCUT2D eigenvalue weighted by Gasteiger charge is -1.97. The molecule has 0 bridgehead atoms. The lowest BCUT2D eigenvalue weighted by Crippen LogP contribution is -1.79. The Hall–Kier alpha value is -1.90. The highest BCUT2D eigenvalue weighted by molar-refractivity contribution is 5.60. The molecule has 3 nitrogen and oxygen atoms in total. The topological polar surface area (TPSA) is 38.9 Å². The van der Waals surface area contributed by atoms with Crippen LogP contribution in [0.5, 0.6) is 0 Å². The largest absolute Gasteiger partial charge is 0.421 e. The van der Waals surface area contributed by atoms with Crippen LogP contribution in [0.25, 0.3) is 17.5 Å². The average Bonchev–Trinajstić information content (AvgIpc) is 2.77. The van der Waals surface area contributed by atoms with E-state index in [-0.39, 0.29) is 0 Å². The quantitative estimate of drug-likeness (QED) is 0.797. The molecule has 1 aromatic heterocycles. The summed E-state index contributed by atoms with van der Waals surface area (Å²) in [5, 5.41) is 7.85. The zero-order chi connectivity index (χ0) is 12.1. The SMILES string of the molecule is CCC/C=C/c1cccc(-c2nnc(C)o2)c1. The molecule has 0 N–H and O–H groups in total. The molecule has 0 aliphatic heterocycles. The van der Waals surface area contributed by atoms with Crippen molar-refractivity contribution in [2.24, 2.45) is 0 Å². The Balaban J connectivity index is 2.22. The molecule has 0 fully saturated rings. The molecular weight excluding hydrogens is 212 g/mol. The van der Waals surface area contributed by atoms with Gasteiger partial charge in [-0.2, -0.15) is 0 Å². The van der Waals surface area contributed by atoms with Crippen molar-refractivity contribution in [1.29, 1.82) is 0 Å². The first kappa shape index (κ1) is 11.6.